The van der Waals surface area contributed by atoms with Crippen LogP contribution in [-0.4, -0.2) is 22.6 Å². The van der Waals surface area contributed by atoms with Crippen LogP contribution in [0.2, 0.25) is 0 Å². The maximum atomic E-state index is 11.4. The fourth-order valence-electron chi connectivity index (χ4n) is 0.934. The summed E-state index contributed by atoms with van der Waals surface area (Å²) < 4.78 is 4.88. The number of carbonyl (C=O) groups is 1. The molecular weight excluding hydrogens is 194 g/mol. The van der Waals surface area contributed by atoms with E-state index in [-0.39, 0.29) is 17.2 Å². The van der Waals surface area contributed by atoms with Crippen LogP contribution >= 0.6 is 0 Å². The summed E-state index contributed by atoms with van der Waals surface area (Å²) in [6.07, 6.45) is 0.881. The lowest BCUT2D eigenvalue weighted by atomic mass is 9.96. The minimum Gasteiger partial charge on any atom is -0.348 e. The molecule has 1 rings (SSSR count). The zero-order chi connectivity index (χ0) is 11.5. The average Bonchev–Trinajstić information content (AvgIpc) is 2.62. The zero-order valence-corrected chi connectivity index (χ0v) is 9.63. The molecule has 0 saturated carbocycles. The molecule has 0 aliphatic carbocycles. The van der Waals surface area contributed by atoms with Crippen molar-refractivity contribution in [2.75, 3.05) is 6.54 Å². The molecule has 0 saturated heterocycles. The van der Waals surface area contributed by atoms with Gasteiger partial charge in [0.25, 0.3) is 0 Å². The number of amides is 1. The third-order valence-corrected chi connectivity index (χ3v) is 1.83. The van der Waals surface area contributed by atoms with Crippen LogP contribution in [0.25, 0.3) is 0 Å². The highest BCUT2D eigenvalue weighted by atomic mass is 16.5. The molecule has 84 valence electrons. The van der Waals surface area contributed by atoms with Gasteiger partial charge in [0.15, 0.2) is 5.82 Å². The van der Waals surface area contributed by atoms with E-state index in [2.05, 4.69) is 15.5 Å². The number of hydrogen-bond acceptors (Lipinski definition) is 4. The third-order valence-electron chi connectivity index (χ3n) is 1.83. The zero-order valence-electron chi connectivity index (χ0n) is 9.63. The second kappa shape index (κ2) is 4.42. The molecule has 5 nitrogen and oxygen atoms in total. The van der Waals surface area contributed by atoms with Gasteiger partial charge in [-0.3, -0.25) is 4.79 Å². The molecule has 0 unspecified atom stereocenters. The highest BCUT2D eigenvalue weighted by Gasteiger charge is 2.23. The van der Waals surface area contributed by atoms with Crippen molar-refractivity contribution in [3.63, 3.8) is 0 Å². The quantitative estimate of drug-likeness (QED) is 0.822. The molecular formula is C10H17N3O2. The first-order chi connectivity index (χ1) is 6.95. The molecule has 5 heteroatoms. The predicted molar refractivity (Wildman–Crippen MR) is 55.6 cm³/mol. The van der Waals surface area contributed by atoms with E-state index in [1.807, 2.05) is 27.7 Å². The van der Waals surface area contributed by atoms with Gasteiger partial charge in [0.2, 0.25) is 0 Å². The van der Waals surface area contributed by atoms with Crippen LogP contribution in [0.1, 0.15) is 50.6 Å². The van der Waals surface area contributed by atoms with Gasteiger partial charge in [-0.1, -0.05) is 32.9 Å². The van der Waals surface area contributed by atoms with Crippen molar-refractivity contribution < 1.29 is 9.32 Å². The maximum absolute atomic E-state index is 11.4. The van der Waals surface area contributed by atoms with E-state index in [1.54, 1.807) is 0 Å². The maximum Gasteiger partial charge on any atom is 0.315 e. The Morgan fingerprint density at radius 2 is 2.13 bits per heavy atom. The fourth-order valence-corrected chi connectivity index (χ4v) is 0.934. The van der Waals surface area contributed by atoms with Gasteiger partial charge < -0.3 is 9.84 Å². The minimum absolute atomic E-state index is 0.0355. The molecule has 1 amide bonds. The van der Waals surface area contributed by atoms with Crippen molar-refractivity contribution >= 4 is 5.91 Å². The fraction of sp³-hybridized carbons (Fsp3) is 0.700. The van der Waals surface area contributed by atoms with Crippen LogP contribution in [0.3, 0.4) is 0 Å². The van der Waals surface area contributed by atoms with Gasteiger partial charge in [-0.2, -0.15) is 4.98 Å². The standard InChI is InChI=1S/C10H17N3O2/c1-5-6-11-7(14)8-12-9(13-15-8)10(2,3)4/h5-6H2,1-4H3,(H,11,14). The van der Waals surface area contributed by atoms with Gasteiger partial charge in [0.1, 0.15) is 0 Å². The Hall–Kier alpha value is -1.39. The van der Waals surface area contributed by atoms with Gasteiger partial charge in [-0.15, -0.1) is 0 Å². The number of nitrogens with zero attached hydrogens (tertiary/aromatic N) is 2. The Bertz CT molecular complexity index is 339. The lowest BCUT2D eigenvalue weighted by molar-refractivity contribution is 0.0910. The number of carbonyl (C=O) groups excluding carboxylic acids is 1. The highest BCUT2D eigenvalue weighted by molar-refractivity contribution is 5.89. The summed E-state index contributed by atoms with van der Waals surface area (Å²) in [5, 5.41) is 6.45. The highest BCUT2D eigenvalue weighted by Crippen LogP contribution is 2.18. The summed E-state index contributed by atoms with van der Waals surface area (Å²) in [5.41, 5.74) is -0.202. The molecule has 1 N–H and O–H groups in total. The summed E-state index contributed by atoms with van der Waals surface area (Å²) in [6.45, 7) is 8.49. The van der Waals surface area contributed by atoms with Gasteiger partial charge in [-0.25, -0.2) is 0 Å². The predicted octanol–water partition coefficient (Wildman–Crippen LogP) is 1.51. The monoisotopic (exact) mass is 211 g/mol. The second-order valence-corrected chi connectivity index (χ2v) is 4.43. The van der Waals surface area contributed by atoms with Gasteiger partial charge in [0.05, 0.1) is 0 Å². The largest absolute Gasteiger partial charge is 0.348 e. The van der Waals surface area contributed by atoms with Crippen molar-refractivity contribution in [3.8, 4) is 0 Å². The summed E-state index contributed by atoms with van der Waals surface area (Å²) in [6, 6.07) is 0. The van der Waals surface area contributed by atoms with E-state index in [9.17, 15) is 4.79 Å². The Morgan fingerprint density at radius 1 is 1.47 bits per heavy atom. The van der Waals surface area contributed by atoms with Crippen LogP contribution in [0, 0.1) is 0 Å². The SMILES string of the molecule is CCCNC(=O)c1nc(C(C)(C)C)no1. The first-order valence-electron chi connectivity index (χ1n) is 5.07. The van der Waals surface area contributed by atoms with Crippen molar-refractivity contribution in [3.05, 3.63) is 11.7 Å². The van der Waals surface area contributed by atoms with Crippen LogP contribution in [0.15, 0.2) is 4.52 Å². The van der Waals surface area contributed by atoms with Crippen LogP contribution in [0.5, 0.6) is 0 Å². The topological polar surface area (TPSA) is 68.0 Å². The van der Waals surface area contributed by atoms with Crippen LogP contribution in [-0.2, 0) is 5.41 Å². The van der Waals surface area contributed by atoms with Crippen molar-refractivity contribution in [1.29, 1.82) is 0 Å². The Morgan fingerprint density at radius 3 is 2.60 bits per heavy atom. The molecule has 1 aromatic rings. The molecule has 15 heavy (non-hydrogen) atoms. The number of hydrogen-bond donors (Lipinski definition) is 1. The van der Waals surface area contributed by atoms with Crippen LogP contribution < -0.4 is 5.32 Å². The number of nitrogens with one attached hydrogen (secondary N) is 1. The second-order valence-electron chi connectivity index (χ2n) is 4.43. The van der Waals surface area contributed by atoms with E-state index >= 15 is 0 Å². The number of rotatable bonds is 3. The molecule has 0 fully saturated rings. The smallest absolute Gasteiger partial charge is 0.315 e. The molecule has 0 aromatic carbocycles. The Kier molecular flexibility index (Phi) is 3.44. The Balaban J connectivity index is 2.72. The summed E-state index contributed by atoms with van der Waals surface area (Å²) in [5.74, 6) is 0.275. The third kappa shape index (κ3) is 3.04. The summed E-state index contributed by atoms with van der Waals surface area (Å²) in [7, 11) is 0. The van der Waals surface area contributed by atoms with Gasteiger partial charge >= 0.3 is 11.8 Å². The molecule has 0 bridgehead atoms. The number of aromatic nitrogens is 2. The minimum atomic E-state index is -0.306. The van der Waals surface area contributed by atoms with Crippen molar-refractivity contribution in [2.24, 2.45) is 0 Å². The average molecular weight is 211 g/mol. The molecule has 0 radical (unpaired) electrons. The molecule has 0 aliphatic rings. The van der Waals surface area contributed by atoms with Crippen molar-refractivity contribution in [1.82, 2.24) is 15.5 Å². The van der Waals surface area contributed by atoms with E-state index in [0.29, 0.717) is 12.4 Å². The van der Waals surface area contributed by atoms with E-state index in [1.165, 1.54) is 0 Å². The van der Waals surface area contributed by atoms with Gasteiger partial charge in [0, 0.05) is 12.0 Å². The molecule has 0 spiro atoms. The molecule has 0 atom stereocenters. The normalized spacial score (nSPS) is 11.5. The van der Waals surface area contributed by atoms with E-state index < -0.39 is 0 Å². The van der Waals surface area contributed by atoms with Crippen molar-refractivity contribution in [2.45, 2.75) is 39.5 Å². The van der Waals surface area contributed by atoms with E-state index in [0.717, 1.165) is 6.42 Å². The first-order valence-corrected chi connectivity index (χ1v) is 5.07. The van der Waals surface area contributed by atoms with Gasteiger partial charge in [-0.05, 0) is 6.42 Å². The first kappa shape index (κ1) is 11.7. The lowest BCUT2D eigenvalue weighted by Crippen LogP contribution is -2.24. The Labute approximate surface area is 89.2 Å². The molecule has 0 aliphatic heterocycles. The summed E-state index contributed by atoms with van der Waals surface area (Å²) in [4.78, 5) is 15.5. The molecule has 1 aromatic heterocycles. The van der Waals surface area contributed by atoms with Crippen LogP contribution in [0.4, 0.5) is 0 Å². The van der Waals surface area contributed by atoms with E-state index in [4.69, 9.17) is 4.52 Å². The molecule has 1 heterocycles. The lowest BCUT2D eigenvalue weighted by Gasteiger charge is -2.10. The summed E-state index contributed by atoms with van der Waals surface area (Å²) >= 11 is 0.